The first kappa shape index (κ1) is 16.3. The van der Waals surface area contributed by atoms with E-state index in [1.807, 2.05) is 19.1 Å². The molecule has 24 heavy (non-hydrogen) atoms. The molecule has 0 spiro atoms. The molecule has 0 radical (unpaired) electrons. The average Bonchev–Trinajstić information content (AvgIpc) is 3.19. The van der Waals surface area contributed by atoms with Crippen molar-refractivity contribution in [3.05, 3.63) is 42.0 Å². The predicted molar refractivity (Wildman–Crippen MR) is 94.3 cm³/mol. The average molecular weight is 348 g/mol. The van der Waals surface area contributed by atoms with E-state index in [0.717, 1.165) is 36.4 Å². The van der Waals surface area contributed by atoms with Crippen LogP contribution >= 0.6 is 0 Å². The molecule has 0 aromatic heterocycles. The fraction of sp³-hybridized carbons (Fsp3) is 0.579. The molecule has 2 bridgehead atoms. The number of nitrogens with zero attached hydrogens (tertiary/aromatic N) is 1. The Morgan fingerprint density at radius 2 is 1.79 bits per heavy atom. The first-order valence-corrected chi connectivity index (χ1v) is 10.5. The quantitative estimate of drug-likeness (QED) is 0.829. The van der Waals surface area contributed by atoms with Crippen LogP contribution in [-0.2, 0) is 10.0 Å². The van der Waals surface area contributed by atoms with Crippen molar-refractivity contribution in [1.29, 1.82) is 0 Å². The lowest BCUT2D eigenvalue weighted by Gasteiger charge is -2.33. The van der Waals surface area contributed by atoms with E-state index in [1.165, 1.54) is 19.4 Å². The van der Waals surface area contributed by atoms with Gasteiger partial charge in [-0.1, -0.05) is 29.8 Å². The Balaban J connectivity index is 1.35. The van der Waals surface area contributed by atoms with Crippen LogP contribution < -0.4 is 4.90 Å². The van der Waals surface area contributed by atoms with Crippen molar-refractivity contribution in [2.75, 3.05) is 32.7 Å². The number of nitrogens with one attached hydrogen (secondary N) is 1. The van der Waals surface area contributed by atoms with E-state index < -0.39 is 10.0 Å². The summed E-state index contributed by atoms with van der Waals surface area (Å²) in [5, 5.41) is 0. The van der Waals surface area contributed by atoms with Crippen LogP contribution in [0.4, 0.5) is 0 Å². The number of benzene rings is 1. The second-order valence-electron chi connectivity index (χ2n) is 7.71. The molecular weight excluding hydrogens is 320 g/mol. The standard InChI is InChI=1S/C19H26N2O2S/c1-15-2-6-19(7-3-15)24(22,23)21-10-8-20(9-11-21)14-18-13-16-4-5-17(18)12-16/h2-7,16-18H,8-14H2,1H3/p+1/t16-,17-,18-/m0/s1. The monoisotopic (exact) mass is 347 g/mol. The van der Waals surface area contributed by atoms with Gasteiger partial charge in [0.25, 0.3) is 0 Å². The van der Waals surface area contributed by atoms with E-state index >= 15 is 0 Å². The molecule has 1 N–H and O–H groups in total. The van der Waals surface area contributed by atoms with Crippen molar-refractivity contribution in [2.45, 2.75) is 24.7 Å². The molecule has 1 aromatic rings. The fourth-order valence-electron chi connectivity index (χ4n) is 4.61. The lowest BCUT2D eigenvalue weighted by atomic mass is 9.93. The predicted octanol–water partition coefficient (Wildman–Crippen LogP) is 1.10. The van der Waals surface area contributed by atoms with Crippen molar-refractivity contribution in [3.8, 4) is 0 Å². The summed E-state index contributed by atoms with van der Waals surface area (Å²) in [6.45, 7) is 6.34. The molecule has 130 valence electrons. The Bertz CT molecular complexity index is 718. The van der Waals surface area contributed by atoms with E-state index in [1.54, 1.807) is 21.3 Å². The van der Waals surface area contributed by atoms with E-state index in [0.29, 0.717) is 18.0 Å². The number of sulfonamides is 1. The molecule has 1 saturated carbocycles. The molecule has 0 unspecified atom stereocenters. The molecule has 1 aromatic carbocycles. The van der Waals surface area contributed by atoms with Crippen LogP contribution in [0.15, 0.2) is 41.3 Å². The second-order valence-corrected chi connectivity index (χ2v) is 9.65. The van der Waals surface area contributed by atoms with Crippen molar-refractivity contribution in [3.63, 3.8) is 0 Å². The van der Waals surface area contributed by atoms with Gasteiger partial charge in [-0.2, -0.15) is 4.31 Å². The number of hydrogen-bond donors (Lipinski definition) is 1. The van der Waals surface area contributed by atoms with E-state index in [4.69, 9.17) is 0 Å². The Hall–Kier alpha value is -1.17. The molecule has 2 fully saturated rings. The molecule has 4 nitrogen and oxygen atoms in total. The summed E-state index contributed by atoms with van der Waals surface area (Å²) >= 11 is 0. The molecule has 5 heteroatoms. The van der Waals surface area contributed by atoms with Gasteiger partial charge in [-0.3, -0.25) is 0 Å². The molecule has 4 rings (SSSR count). The number of piperazine rings is 1. The number of hydrogen-bond acceptors (Lipinski definition) is 2. The van der Waals surface area contributed by atoms with E-state index in [9.17, 15) is 8.42 Å². The number of aryl methyl sites for hydroxylation is 1. The van der Waals surface area contributed by atoms with Crippen LogP contribution in [0.1, 0.15) is 18.4 Å². The Kier molecular flexibility index (Phi) is 4.27. The highest BCUT2D eigenvalue weighted by Crippen LogP contribution is 2.42. The minimum absolute atomic E-state index is 0.426. The molecule has 1 saturated heterocycles. The fourth-order valence-corrected chi connectivity index (χ4v) is 6.05. The zero-order valence-corrected chi connectivity index (χ0v) is 15.1. The summed E-state index contributed by atoms with van der Waals surface area (Å²) in [5.74, 6) is 2.43. The Labute approximate surface area is 145 Å². The number of rotatable bonds is 4. The summed E-state index contributed by atoms with van der Waals surface area (Å²) in [4.78, 5) is 2.01. The van der Waals surface area contributed by atoms with Gasteiger partial charge in [0.15, 0.2) is 0 Å². The van der Waals surface area contributed by atoms with Crippen molar-refractivity contribution in [2.24, 2.45) is 17.8 Å². The third kappa shape index (κ3) is 3.05. The van der Waals surface area contributed by atoms with Gasteiger partial charge in [-0.25, -0.2) is 8.42 Å². The lowest BCUT2D eigenvalue weighted by molar-refractivity contribution is -0.907. The highest BCUT2D eigenvalue weighted by molar-refractivity contribution is 7.89. The molecular formula is C19H27N2O2S+. The van der Waals surface area contributed by atoms with Crippen LogP contribution in [-0.4, -0.2) is 45.4 Å². The van der Waals surface area contributed by atoms with Gasteiger partial charge in [-0.15, -0.1) is 0 Å². The van der Waals surface area contributed by atoms with Crippen molar-refractivity contribution < 1.29 is 13.3 Å². The van der Waals surface area contributed by atoms with Gasteiger partial charge in [-0.05, 0) is 43.7 Å². The van der Waals surface area contributed by atoms with Crippen LogP contribution in [0, 0.1) is 24.7 Å². The summed E-state index contributed by atoms with van der Waals surface area (Å²) in [6.07, 6.45) is 7.50. The normalized spacial score (nSPS) is 31.0. The zero-order valence-electron chi connectivity index (χ0n) is 14.3. The van der Waals surface area contributed by atoms with Crippen LogP contribution in [0.5, 0.6) is 0 Å². The van der Waals surface area contributed by atoms with E-state index in [-0.39, 0.29) is 0 Å². The second kappa shape index (κ2) is 6.28. The number of quaternary nitrogens is 1. The highest BCUT2D eigenvalue weighted by atomic mass is 32.2. The van der Waals surface area contributed by atoms with Gasteiger partial charge in [0.1, 0.15) is 0 Å². The van der Waals surface area contributed by atoms with Crippen molar-refractivity contribution in [1.82, 2.24) is 4.31 Å². The molecule has 1 aliphatic heterocycles. The molecule has 2 aliphatic carbocycles. The van der Waals surface area contributed by atoms with Gasteiger partial charge in [0.2, 0.25) is 10.0 Å². The molecule has 1 heterocycles. The molecule has 0 amide bonds. The number of fused-ring (bicyclic) bond motifs is 2. The Morgan fingerprint density at radius 1 is 1.08 bits per heavy atom. The summed E-state index contributed by atoms with van der Waals surface area (Å²) < 4.78 is 27.2. The third-order valence-electron chi connectivity index (χ3n) is 6.06. The maximum Gasteiger partial charge on any atom is 0.243 e. The van der Waals surface area contributed by atoms with Gasteiger partial charge >= 0.3 is 0 Å². The zero-order chi connectivity index (χ0) is 16.7. The minimum Gasteiger partial charge on any atom is -0.332 e. The SMILES string of the molecule is Cc1ccc(S(=O)(=O)N2CC[NH+](C[C@@H]3C[C@H]4C=C[C@H]3C4)CC2)cc1. The summed E-state index contributed by atoms with van der Waals surface area (Å²) in [6, 6.07) is 7.20. The topological polar surface area (TPSA) is 41.8 Å². The van der Waals surface area contributed by atoms with E-state index in [2.05, 4.69) is 12.2 Å². The Morgan fingerprint density at radius 3 is 2.38 bits per heavy atom. The highest BCUT2D eigenvalue weighted by Gasteiger charge is 2.39. The van der Waals surface area contributed by atoms with Crippen LogP contribution in [0.25, 0.3) is 0 Å². The first-order chi connectivity index (χ1) is 11.5. The molecule has 3 atom stereocenters. The van der Waals surface area contributed by atoms with Gasteiger partial charge < -0.3 is 4.90 Å². The van der Waals surface area contributed by atoms with Crippen LogP contribution in [0.3, 0.4) is 0 Å². The smallest absolute Gasteiger partial charge is 0.243 e. The minimum atomic E-state index is -3.33. The van der Waals surface area contributed by atoms with Crippen LogP contribution in [0.2, 0.25) is 0 Å². The summed E-state index contributed by atoms with van der Waals surface area (Å²) in [7, 11) is -3.33. The van der Waals surface area contributed by atoms with Gasteiger partial charge in [0, 0.05) is 5.92 Å². The largest absolute Gasteiger partial charge is 0.332 e. The van der Waals surface area contributed by atoms with Gasteiger partial charge in [0.05, 0.1) is 37.6 Å². The maximum atomic E-state index is 12.8. The first-order valence-electron chi connectivity index (χ1n) is 9.11. The lowest BCUT2D eigenvalue weighted by Crippen LogP contribution is -3.15. The van der Waals surface area contributed by atoms with Crippen molar-refractivity contribution >= 4 is 10.0 Å². The number of allylic oxidation sites excluding steroid dienone is 2. The summed E-state index contributed by atoms with van der Waals surface area (Å²) in [5.41, 5.74) is 1.09. The maximum absolute atomic E-state index is 12.8. The third-order valence-corrected chi connectivity index (χ3v) is 7.97. The molecule has 3 aliphatic rings.